The second-order valence-corrected chi connectivity index (χ2v) is 7.33. The van der Waals surface area contributed by atoms with Crippen LogP contribution in [0.25, 0.3) is 22.5 Å². The lowest BCUT2D eigenvalue weighted by molar-refractivity contribution is 0.475. The van der Waals surface area contributed by atoms with Gasteiger partial charge in [-0.2, -0.15) is 0 Å². The predicted octanol–water partition coefficient (Wildman–Crippen LogP) is 5.05. The average Bonchev–Trinajstić information content (AvgIpc) is 2.55. The molecule has 0 unspecified atom stereocenters. The van der Waals surface area contributed by atoms with Crippen LogP contribution in [-0.2, 0) is 3.79 Å². The van der Waals surface area contributed by atoms with Gasteiger partial charge in [-0.1, -0.05) is 34.8 Å². The summed E-state index contributed by atoms with van der Waals surface area (Å²) in [5.74, 6) is 0.275. The van der Waals surface area contributed by atoms with Gasteiger partial charge >= 0.3 is 0 Å². The molecule has 2 aromatic carbocycles. The minimum Gasteiger partial charge on any atom is -0.508 e. The fourth-order valence-electron chi connectivity index (χ4n) is 2.19. The Labute approximate surface area is 153 Å². The van der Waals surface area contributed by atoms with Gasteiger partial charge in [-0.3, -0.25) is 4.98 Å². The van der Waals surface area contributed by atoms with Gasteiger partial charge in [-0.05, 0) is 48.5 Å². The minimum atomic E-state index is -1.77. The van der Waals surface area contributed by atoms with Crippen LogP contribution < -0.4 is 0 Å². The predicted molar refractivity (Wildman–Crippen MR) is 95.5 cm³/mol. The van der Waals surface area contributed by atoms with Crippen molar-refractivity contribution in [1.82, 2.24) is 9.97 Å². The number of phenols is 2. The molecule has 122 valence electrons. The van der Waals surface area contributed by atoms with Crippen LogP contribution in [0, 0.1) is 0 Å². The molecule has 0 spiro atoms. The molecule has 4 nitrogen and oxygen atoms in total. The van der Waals surface area contributed by atoms with Crippen LogP contribution in [0.2, 0.25) is 0 Å². The van der Waals surface area contributed by atoms with E-state index in [4.69, 9.17) is 34.8 Å². The third-order valence-electron chi connectivity index (χ3n) is 3.34. The van der Waals surface area contributed by atoms with Gasteiger partial charge in [0.05, 0.1) is 17.6 Å². The smallest absolute Gasteiger partial charge is 0.234 e. The number of halogens is 3. The van der Waals surface area contributed by atoms with Gasteiger partial charge in [0.25, 0.3) is 0 Å². The molecule has 0 aliphatic rings. The molecule has 0 aliphatic carbocycles. The molecule has 0 saturated carbocycles. The van der Waals surface area contributed by atoms with E-state index in [-0.39, 0.29) is 17.2 Å². The van der Waals surface area contributed by atoms with Gasteiger partial charge in [-0.25, -0.2) is 4.98 Å². The first-order chi connectivity index (χ1) is 11.3. The van der Waals surface area contributed by atoms with Crippen molar-refractivity contribution in [3.63, 3.8) is 0 Å². The molecule has 3 rings (SSSR count). The molecule has 0 atom stereocenters. The van der Waals surface area contributed by atoms with Crippen LogP contribution in [0.1, 0.15) is 5.69 Å². The Kier molecular flexibility index (Phi) is 4.54. The van der Waals surface area contributed by atoms with Gasteiger partial charge in [-0.15, -0.1) is 0 Å². The first-order valence-electron chi connectivity index (χ1n) is 6.87. The molecule has 1 aromatic heterocycles. The maximum absolute atomic E-state index is 9.41. The standard InChI is InChI=1S/C17H11Cl3N2O2/c18-17(19,20)16-15(11-3-7-13(24)8-4-11)21-9-14(22-16)10-1-5-12(23)6-2-10/h1-9,23-24H. The third-order valence-corrected chi connectivity index (χ3v) is 3.88. The quantitative estimate of drug-likeness (QED) is 0.610. The second-order valence-electron chi connectivity index (χ2n) is 5.04. The molecule has 7 heteroatoms. The van der Waals surface area contributed by atoms with Crippen molar-refractivity contribution in [2.45, 2.75) is 3.79 Å². The Morgan fingerprint density at radius 2 is 1.25 bits per heavy atom. The number of hydrogen-bond acceptors (Lipinski definition) is 4. The Morgan fingerprint density at radius 1 is 0.750 bits per heavy atom. The zero-order valence-corrected chi connectivity index (χ0v) is 14.4. The number of nitrogens with zero attached hydrogens (tertiary/aromatic N) is 2. The molecule has 1 heterocycles. The summed E-state index contributed by atoms with van der Waals surface area (Å²) in [5.41, 5.74) is 2.51. The molecular formula is C17H11Cl3N2O2. The number of aromatic hydroxyl groups is 2. The fourth-order valence-corrected chi connectivity index (χ4v) is 2.58. The zero-order chi connectivity index (χ0) is 17.3. The lowest BCUT2D eigenvalue weighted by atomic mass is 10.1. The van der Waals surface area contributed by atoms with Crippen molar-refractivity contribution in [2.75, 3.05) is 0 Å². The van der Waals surface area contributed by atoms with Gasteiger partial charge in [0.2, 0.25) is 3.79 Å². The van der Waals surface area contributed by atoms with Crippen molar-refractivity contribution in [2.24, 2.45) is 0 Å². The molecule has 0 saturated heterocycles. The number of benzene rings is 2. The maximum atomic E-state index is 9.41. The molecule has 0 fully saturated rings. The van der Waals surface area contributed by atoms with E-state index in [0.29, 0.717) is 17.0 Å². The molecule has 0 aliphatic heterocycles. The molecule has 3 aromatic rings. The van der Waals surface area contributed by atoms with Crippen LogP contribution in [-0.4, -0.2) is 20.2 Å². The lowest BCUT2D eigenvalue weighted by Crippen LogP contribution is -2.09. The van der Waals surface area contributed by atoms with Crippen molar-refractivity contribution in [3.8, 4) is 34.0 Å². The molecule has 0 amide bonds. The van der Waals surface area contributed by atoms with Crippen LogP contribution >= 0.6 is 34.8 Å². The van der Waals surface area contributed by atoms with Crippen LogP contribution in [0.5, 0.6) is 11.5 Å². The normalized spacial score (nSPS) is 11.5. The third kappa shape index (κ3) is 3.56. The highest BCUT2D eigenvalue weighted by Crippen LogP contribution is 2.42. The largest absolute Gasteiger partial charge is 0.508 e. The highest BCUT2D eigenvalue weighted by atomic mass is 35.6. The summed E-state index contributed by atoms with van der Waals surface area (Å²) >= 11 is 18.2. The summed E-state index contributed by atoms with van der Waals surface area (Å²) in [7, 11) is 0. The summed E-state index contributed by atoms with van der Waals surface area (Å²) in [6, 6.07) is 12.8. The van der Waals surface area contributed by atoms with Crippen molar-refractivity contribution in [1.29, 1.82) is 0 Å². The lowest BCUT2D eigenvalue weighted by Gasteiger charge is -2.16. The minimum absolute atomic E-state index is 0.128. The molecule has 2 N–H and O–H groups in total. The summed E-state index contributed by atoms with van der Waals surface area (Å²) in [6.07, 6.45) is 1.56. The van der Waals surface area contributed by atoms with E-state index < -0.39 is 3.79 Å². The summed E-state index contributed by atoms with van der Waals surface area (Å²) in [6.45, 7) is 0. The highest BCUT2D eigenvalue weighted by Gasteiger charge is 2.30. The Balaban J connectivity index is 2.14. The van der Waals surface area contributed by atoms with E-state index in [0.717, 1.165) is 5.56 Å². The van der Waals surface area contributed by atoms with Crippen molar-refractivity contribution >= 4 is 34.8 Å². The number of rotatable bonds is 2. The average molecular weight is 382 g/mol. The number of alkyl halides is 3. The number of hydrogen-bond donors (Lipinski definition) is 2. The van der Waals surface area contributed by atoms with Gasteiger partial charge in [0.1, 0.15) is 17.2 Å². The highest BCUT2D eigenvalue weighted by molar-refractivity contribution is 6.66. The van der Waals surface area contributed by atoms with E-state index in [2.05, 4.69) is 9.97 Å². The maximum Gasteiger partial charge on any atom is 0.234 e. The fraction of sp³-hybridized carbons (Fsp3) is 0.0588. The number of phenolic OH excluding ortho intramolecular Hbond substituents is 2. The van der Waals surface area contributed by atoms with E-state index in [1.54, 1.807) is 42.6 Å². The van der Waals surface area contributed by atoms with Crippen molar-refractivity contribution < 1.29 is 10.2 Å². The first-order valence-corrected chi connectivity index (χ1v) is 8.01. The monoisotopic (exact) mass is 380 g/mol. The van der Waals surface area contributed by atoms with Crippen LogP contribution in [0.15, 0.2) is 54.7 Å². The van der Waals surface area contributed by atoms with Crippen LogP contribution in [0.3, 0.4) is 0 Å². The topological polar surface area (TPSA) is 66.2 Å². The SMILES string of the molecule is Oc1ccc(-c2cnc(-c3ccc(O)cc3)c(C(Cl)(Cl)Cl)n2)cc1. The summed E-state index contributed by atoms with van der Waals surface area (Å²) < 4.78 is -1.77. The molecule has 0 bridgehead atoms. The summed E-state index contributed by atoms with van der Waals surface area (Å²) in [4.78, 5) is 8.82. The molecular weight excluding hydrogens is 371 g/mol. The van der Waals surface area contributed by atoms with Crippen molar-refractivity contribution in [3.05, 3.63) is 60.4 Å². The number of aromatic nitrogens is 2. The van der Waals surface area contributed by atoms with Crippen LogP contribution in [0.4, 0.5) is 0 Å². The van der Waals surface area contributed by atoms with E-state index in [1.807, 2.05) is 0 Å². The zero-order valence-electron chi connectivity index (χ0n) is 12.1. The second kappa shape index (κ2) is 6.48. The Bertz CT molecular complexity index is 860. The Morgan fingerprint density at radius 3 is 1.75 bits per heavy atom. The van der Waals surface area contributed by atoms with E-state index >= 15 is 0 Å². The summed E-state index contributed by atoms with van der Waals surface area (Å²) in [5, 5.41) is 18.8. The molecule has 24 heavy (non-hydrogen) atoms. The van der Waals surface area contributed by atoms with Gasteiger partial charge in [0.15, 0.2) is 0 Å². The van der Waals surface area contributed by atoms with E-state index in [9.17, 15) is 10.2 Å². The first kappa shape index (κ1) is 16.8. The Hall–Kier alpha value is -2.01. The van der Waals surface area contributed by atoms with Gasteiger partial charge in [0, 0.05) is 11.1 Å². The molecule has 0 radical (unpaired) electrons. The van der Waals surface area contributed by atoms with E-state index in [1.165, 1.54) is 12.1 Å². The van der Waals surface area contributed by atoms with Gasteiger partial charge < -0.3 is 10.2 Å².